The molecule has 25 heavy (non-hydrogen) atoms. The van der Waals surface area contributed by atoms with Gasteiger partial charge in [0.1, 0.15) is 9.81 Å². The monoisotopic (exact) mass is 449 g/mol. The summed E-state index contributed by atoms with van der Waals surface area (Å²) in [6.07, 6.45) is 4.40. The van der Waals surface area contributed by atoms with Gasteiger partial charge in [-0.1, -0.05) is 32.4 Å². The molecule has 0 aliphatic rings. The van der Waals surface area contributed by atoms with Crippen molar-refractivity contribution < 1.29 is 13.5 Å². The second-order valence-electron chi connectivity index (χ2n) is 6.25. The quantitative estimate of drug-likeness (QED) is 0.556. The Kier molecular flexibility index (Phi) is 8.08. The standard InChI is InChI=1S/C18H28BrNO3S2/c1-7-12(4)17(18(21,13(5)8-2)14(6)9-3)20-25(22,23)16-11-10-15(19)24-16/h8-12,17,20-21H,7H2,1-6H3/t12-,17-,18?/m0/s1. The van der Waals surface area contributed by atoms with Crippen molar-refractivity contribution in [3.8, 4) is 0 Å². The van der Waals surface area contributed by atoms with Gasteiger partial charge in [0.15, 0.2) is 0 Å². The first-order chi connectivity index (χ1) is 11.5. The zero-order valence-electron chi connectivity index (χ0n) is 15.6. The van der Waals surface area contributed by atoms with E-state index in [0.29, 0.717) is 0 Å². The van der Waals surface area contributed by atoms with Crippen molar-refractivity contribution >= 4 is 37.3 Å². The number of thiophene rings is 1. The van der Waals surface area contributed by atoms with Crippen LogP contribution >= 0.6 is 27.3 Å². The first kappa shape index (κ1) is 22.6. The van der Waals surface area contributed by atoms with Gasteiger partial charge in [-0.25, -0.2) is 13.1 Å². The molecular weight excluding hydrogens is 422 g/mol. The van der Waals surface area contributed by atoms with Gasteiger partial charge in [-0.3, -0.25) is 0 Å². The number of allylic oxidation sites excluding steroid dienone is 2. The van der Waals surface area contributed by atoms with Gasteiger partial charge in [0.05, 0.1) is 9.83 Å². The molecule has 7 heteroatoms. The topological polar surface area (TPSA) is 66.4 Å². The Morgan fingerprint density at radius 2 is 1.84 bits per heavy atom. The van der Waals surface area contributed by atoms with E-state index < -0.39 is 21.7 Å². The Morgan fingerprint density at radius 1 is 1.32 bits per heavy atom. The van der Waals surface area contributed by atoms with E-state index in [1.807, 2.05) is 53.7 Å². The van der Waals surface area contributed by atoms with Crippen molar-refractivity contribution in [3.63, 3.8) is 0 Å². The van der Waals surface area contributed by atoms with Crippen LogP contribution < -0.4 is 4.72 Å². The van der Waals surface area contributed by atoms with Crippen molar-refractivity contribution in [2.45, 2.75) is 63.8 Å². The Labute approximate surface area is 164 Å². The summed E-state index contributed by atoms with van der Waals surface area (Å²) in [6.45, 7) is 11.3. The largest absolute Gasteiger partial charge is 0.379 e. The van der Waals surface area contributed by atoms with Crippen LogP contribution in [0.1, 0.15) is 48.0 Å². The van der Waals surface area contributed by atoms with Gasteiger partial charge >= 0.3 is 0 Å². The highest BCUT2D eigenvalue weighted by molar-refractivity contribution is 9.11. The third kappa shape index (κ3) is 4.83. The lowest BCUT2D eigenvalue weighted by atomic mass is 9.75. The van der Waals surface area contributed by atoms with Crippen LogP contribution in [-0.4, -0.2) is 25.2 Å². The highest BCUT2D eigenvalue weighted by atomic mass is 79.9. The SMILES string of the molecule is CC=C(C)C(O)(C(C)=CC)[C@@H](NS(=O)(=O)c1ccc(Br)s1)[C@@H](C)CC. The highest BCUT2D eigenvalue weighted by Crippen LogP contribution is 2.35. The number of hydrogen-bond acceptors (Lipinski definition) is 4. The van der Waals surface area contributed by atoms with Crippen molar-refractivity contribution in [2.75, 3.05) is 0 Å². The smallest absolute Gasteiger partial charge is 0.250 e. The second-order valence-corrected chi connectivity index (χ2v) is 10.7. The van der Waals surface area contributed by atoms with Crippen molar-refractivity contribution in [1.29, 1.82) is 0 Å². The summed E-state index contributed by atoms with van der Waals surface area (Å²) in [4.78, 5) is 0. The Bertz CT molecular complexity index is 732. The van der Waals surface area contributed by atoms with Gasteiger partial charge in [0, 0.05) is 0 Å². The van der Waals surface area contributed by atoms with E-state index in [2.05, 4.69) is 20.7 Å². The van der Waals surface area contributed by atoms with Crippen LogP contribution in [0.25, 0.3) is 0 Å². The van der Waals surface area contributed by atoms with Crippen LogP contribution in [0.15, 0.2) is 43.4 Å². The summed E-state index contributed by atoms with van der Waals surface area (Å²) in [5.74, 6) is -0.0621. The summed E-state index contributed by atoms with van der Waals surface area (Å²) < 4.78 is 29.5. The molecule has 0 fully saturated rings. The lowest BCUT2D eigenvalue weighted by molar-refractivity contribution is 0.0581. The molecule has 1 aromatic rings. The first-order valence-electron chi connectivity index (χ1n) is 8.31. The van der Waals surface area contributed by atoms with Crippen LogP contribution in [0.2, 0.25) is 0 Å². The molecule has 4 nitrogen and oxygen atoms in total. The fraction of sp³-hybridized carbons (Fsp3) is 0.556. The van der Waals surface area contributed by atoms with E-state index in [9.17, 15) is 13.5 Å². The zero-order chi connectivity index (χ0) is 19.4. The van der Waals surface area contributed by atoms with Gasteiger partial charge < -0.3 is 5.11 Å². The Balaban J connectivity index is 3.47. The average molecular weight is 450 g/mol. The molecule has 1 rings (SSSR count). The second kappa shape index (κ2) is 8.95. The molecule has 0 amide bonds. The maximum absolute atomic E-state index is 12.9. The van der Waals surface area contributed by atoms with E-state index in [1.165, 1.54) is 0 Å². The molecule has 0 spiro atoms. The van der Waals surface area contributed by atoms with E-state index in [0.717, 1.165) is 32.7 Å². The van der Waals surface area contributed by atoms with Crippen LogP contribution in [0.3, 0.4) is 0 Å². The fourth-order valence-electron chi connectivity index (χ4n) is 2.76. The first-order valence-corrected chi connectivity index (χ1v) is 11.4. The molecule has 1 heterocycles. The molecule has 1 aromatic heterocycles. The van der Waals surface area contributed by atoms with Gasteiger partial charge in [-0.2, -0.15) is 0 Å². The highest BCUT2D eigenvalue weighted by Gasteiger charge is 2.44. The maximum atomic E-state index is 12.9. The summed E-state index contributed by atoms with van der Waals surface area (Å²) in [5.41, 5.74) is 0.0763. The van der Waals surface area contributed by atoms with E-state index in [4.69, 9.17) is 0 Å². The molecule has 0 saturated heterocycles. The Morgan fingerprint density at radius 3 is 2.20 bits per heavy atom. The summed E-state index contributed by atoms with van der Waals surface area (Å²) in [7, 11) is -3.74. The molecule has 142 valence electrons. The van der Waals surface area contributed by atoms with Crippen LogP contribution in [-0.2, 0) is 10.0 Å². The van der Waals surface area contributed by atoms with E-state index >= 15 is 0 Å². The van der Waals surface area contributed by atoms with Crippen molar-refractivity contribution in [3.05, 3.63) is 39.2 Å². The van der Waals surface area contributed by atoms with Gasteiger partial charge in [0.25, 0.3) is 0 Å². The number of halogens is 1. The molecule has 0 unspecified atom stereocenters. The van der Waals surface area contributed by atoms with Crippen LogP contribution in [0, 0.1) is 5.92 Å². The van der Waals surface area contributed by atoms with E-state index in [-0.39, 0.29) is 10.1 Å². The Hall–Kier alpha value is -0.470. The lowest BCUT2D eigenvalue weighted by Crippen LogP contribution is -2.57. The van der Waals surface area contributed by atoms with E-state index in [1.54, 1.807) is 12.1 Å². The number of nitrogens with one attached hydrogen (secondary N) is 1. The number of rotatable bonds is 8. The number of hydrogen-bond donors (Lipinski definition) is 2. The summed E-state index contributed by atoms with van der Waals surface area (Å²) >= 11 is 4.45. The lowest BCUT2D eigenvalue weighted by Gasteiger charge is -2.41. The van der Waals surface area contributed by atoms with Crippen molar-refractivity contribution in [1.82, 2.24) is 4.72 Å². The normalized spacial score (nSPS) is 18.7. The minimum Gasteiger partial charge on any atom is -0.379 e. The van der Waals surface area contributed by atoms with Crippen LogP contribution in [0.5, 0.6) is 0 Å². The summed E-state index contributed by atoms with van der Waals surface area (Å²) in [5, 5.41) is 11.6. The maximum Gasteiger partial charge on any atom is 0.250 e. The van der Waals surface area contributed by atoms with Gasteiger partial charge in [0.2, 0.25) is 10.0 Å². The molecule has 0 aliphatic carbocycles. The summed E-state index contributed by atoms with van der Waals surface area (Å²) in [6, 6.07) is 2.60. The van der Waals surface area contributed by atoms with Crippen molar-refractivity contribution in [2.24, 2.45) is 5.92 Å². The molecule has 0 radical (unpaired) electrons. The molecule has 0 aromatic carbocycles. The molecule has 2 atom stereocenters. The molecular formula is C18H28BrNO3S2. The number of sulfonamides is 1. The minimum atomic E-state index is -3.74. The molecule has 0 aliphatic heterocycles. The minimum absolute atomic E-state index is 0.0621. The molecule has 2 N–H and O–H groups in total. The third-order valence-electron chi connectivity index (χ3n) is 4.83. The molecule has 0 bridgehead atoms. The molecule has 0 saturated carbocycles. The van der Waals surface area contributed by atoms with Gasteiger partial charge in [-0.15, -0.1) is 11.3 Å². The number of aliphatic hydroxyl groups is 1. The van der Waals surface area contributed by atoms with Crippen LogP contribution in [0.4, 0.5) is 0 Å². The fourth-order valence-corrected chi connectivity index (χ4v) is 6.15. The zero-order valence-corrected chi connectivity index (χ0v) is 18.8. The predicted molar refractivity (Wildman–Crippen MR) is 109 cm³/mol. The third-order valence-corrected chi connectivity index (χ3v) is 8.38. The average Bonchev–Trinajstić information content (AvgIpc) is 3.04. The predicted octanol–water partition coefficient (Wildman–Crippen LogP) is 4.87. The van der Waals surface area contributed by atoms with Gasteiger partial charge in [-0.05, 0) is 72.8 Å².